The molecule has 0 aliphatic carbocycles. The first-order valence-electron chi connectivity index (χ1n) is 6.48. The first kappa shape index (κ1) is 15.9. The fraction of sp³-hybridized carbons (Fsp3) is 0.357. The number of rotatable bonds is 6. The number of ether oxygens (including phenoxy) is 1. The summed E-state index contributed by atoms with van der Waals surface area (Å²) < 4.78 is 23.6. The van der Waals surface area contributed by atoms with Crippen molar-refractivity contribution in [2.75, 3.05) is 14.2 Å². The molecule has 0 amide bonds. The highest BCUT2D eigenvalue weighted by atomic mass is 19.1. The number of carboxylic acid groups (broad SMARTS) is 1. The molecule has 0 spiro atoms. The van der Waals surface area contributed by atoms with Gasteiger partial charge in [0.25, 0.3) is 0 Å². The minimum Gasteiger partial charge on any atom is -0.496 e. The molecule has 2 aromatic rings. The third kappa shape index (κ3) is 3.40. The summed E-state index contributed by atoms with van der Waals surface area (Å²) in [6.07, 6.45) is 0. The van der Waals surface area contributed by atoms with Gasteiger partial charge in [0.15, 0.2) is 0 Å². The molecule has 7 nitrogen and oxygen atoms in total. The average molecular weight is 309 g/mol. The average Bonchev–Trinajstić information content (AvgIpc) is 2.85. The second-order valence-electron chi connectivity index (χ2n) is 4.76. The van der Waals surface area contributed by atoms with Crippen LogP contribution in [0.4, 0.5) is 4.39 Å². The molecule has 1 N–H and O–H groups in total. The Kier molecular flexibility index (Phi) is 4.71. The lowest BCUT2D eigenvalue weighted by Crippen LogP contribution is -2.31. The molecule has 0 radical (unpaired) electrons. The highest BCUT2D eigenvalue weighted by Crippen LogP contribution is 2.30. The lowest BCUT2D eigenvalue weighted by Gasteiger charge is -2.24. The van der Waals surface area contributed by atoms with Crippen LogP contribution >= 0.6 is 0 Å². The number of carbonyl (C=O) groups is 1. The van der Waals surface area contributed by atoms with E-state index in [1.165, 1.54) is 24.1 Å². The third-order valence-corrected chi connectivity index (χ3v) is 3.12. The van der Waals surface area contributed by atoms with Crippen LogP contribution in [-0.2, 0) is 11.3 Å². The van der Waals surface area contributed by atoms with Crippen LogP contribution in [0.2, 0.25) is 0 Å². The van der Waals surface area contributed by atoms with Crippen LogP contribution in [0, 0.1) is 12.7 Å². The molecular weight excluding hydrogens is 293 g/mol. The van der Waals surface area contributed by atoms with Crippen LogP contribution in [0.3, 0.4) is 0 Å². The van der Waals surface area contributed by atoms with Gasteiger partial charge in [-0.2, -0.15) is 0 Å². The van der Waals surface area contributed by atoms with Crippen LogP contribution in [-0.4, -0.2) is 40.3 Å². The van der Waals surface area contributed by atoms with E-state index < -0.39 is 17.8 Å². The van der Waals surface area contributed by atoms with Crippen molar-refractivity contribution in [1.82, 2.24) is 15.1 Å². The van der Waals surface area contributed by atoms with Gasteiger partial charge < -0.3 is 14.3 Å². The number of likely N-dealkylation sites (N-methyl/N-ethyl adjacent to an activating group) is 1. The number of hydrogen-bond acceptors (Lipinski definition) is 6. The van der Waals surface area contributed by atoms with Crippen molar-refractivity contribution in [2.45, 2.75) is 19.5 Å². The number of methoxy groups -OCH3 is 1. The van der Waals surface area contributed by atoms with Crippen LogP contribution in [0.25, 0.3) is 0 Å². The molecule has 118 valence electrons. The Bertz CT molecular complexity index is 674. The molecule has 1 unspecified atom stereocenters. The van der Waals surface area contributed by atoms with Crippen LogP contribution in [0.15, 0.2) is 22.6 Å². The number of aryl methyl sites for hydroxylation is 1. The van der Waals surface area contributed by atoms with Crippen molar-refractivity contribution >= 4 is 5.97 Å². The zero-order valence-electron chi connectivity index (χ0n) is 12.4. The predicted octanol–water partition coefficient (Wildman–Crippen LogP) is 1.78. The SMILES string of the molecule is COc1cc(F)ccc1C(C(=O)O)N(C)Cc1nnc(C)o1. The summed E-state index contributed by atoms with van der Waals surface area (Å²) in [7, 11) is 2.96. The van der Waals surface area contributed by atoms with Gasteiger partial charge in [0, 0.05) is 18.6 Å². The van der Waals surface area contributed by atoms with E-state index in [0.717, 1.165) is 6.07 Å². The Hall–Kier alpha value is -2.48. The summed E-state index contributed by atoms with van der Waals surface area (Å²) in [5, 5.41) is 17.0. The van der Waals surface area contributed by atoms with Crippen LogP contribution in [0.1, 0.15) is 23.4 Å². The molecule has 22 heavy (non-hydrogen) atoms. The number of benzene rings is 1. The summed E-state index contributed by atoms with van der Waals surface area (Å²) in [5.74, 6) is -0.730. The van der Waals surface area contributed by atoms with E-state index in [4.69, 9.17) is 9.15 Å². The molecule has 0 saturated heterocycles. The number of halogens is 1. The summed E-state index contributed by atoms with van der Waals surface area (Å²) in [6, 6.07) is 2.69. The largest absolute Gasteiger partial charge is 0.496 e. The lowest BCUT2D eigenvalue weighted by atomic mass is 10.0. The third-order valence-electron chi connectivity index (χ3n) is 3.12. The summed E-state index contributed by atoms with van der Waals surface area (Å²) in [4.78, 5) is 13.1. The minimum atomic E-state index is -1.09. The van der Waals surface area contributed by atoms with Crippen molar-refractivity contribution in [3.8, 4) is 5.75 Å². The molecular formula is C14H16FN3O4. The quantitative estimate of drug-likeness (QED) is 0.870. The first-order chi connectivity index (χ1) is 10.4. The maximum absolute atomic E-state index is 13.3. The Morgan fingerprint density at radius 2 is 2.23 bits per heavy atom. The van der Waals surface area contributed by atoms with Crippen LogP contribution < -0.4 is 4.74 Å². The van der Waals surface area contributed by atoms with Crippen molar-refractivity contribution in [1.29, 1.82) is 0 Å². The number of carboxylic acids is 1. The van der Waals surface area contributed by atoms with Gasteiger partial charge in [-0.3, -0.25) is 9.69 Å². The second kappa shape index (κ2) is 6.52. The second-order valence-corrected chi connectivity index (χ2v) is 4.76. The fourth-order valence-corrected chi connectivity index (χ4v) is 2.18. The lowest BCUT2D eigenvalue weighted by molar-refractivity contribution is -0.143. The van der Waals surface area contributed by atoms with Crippen molar-refractivity contribution < 1.29 is 23.4 Å². The molecule has 0 fully saturated rings. The summed E-state index contributed by atoms with van der Waals surface area (Å²) in [5.41, 5.74) is 0.343. The van der Waals surface area contributed by atoms with Crippen molar-refractivity contribution in [3.05, 3.63) is 41.4 Å². The van der Waals surface area contributed by atoms with E-state index >= 15 is 0 Å². The smallest absolute Gasteiger partial charge is 0.325 e. The molecule has 1 atom stereocenters. The zero-order valence-corrected chi connectivity index (χ0v) is 12.4. The molecule has 0 aliphatic rings. The summed E-state index contributed by atoms with van der Waals surface area (Å²) >= 11 is 0. The molecule has 1 aromatic heterocycles. The van der Waals surface area contributed by atoms with Crippen LogP contribution in [0.5, 0.6) is 5.75 Å². The zero-order chi connectivity index (χ0) is 16.3. The van der Waals surface area contributed by atoms with E-state index in [2.05, 4.69) is 10.2 Å². The number of aromatic nitrogens is 2. The highest BCUT2D eigenvalue weighted by molar-refractivity contribution is 5.76. The Morgan fingerprint density at radius 1 is 1.50 bits per heavy atom. The van der Waals surface area contributed by atoms with E-state index in [1.807, 2.05) is 0 Å². The van der Waals surface area contributed by atoms with E-state index in [9.17, 15) is 14.3 Å². The molecule has 2 rings (SSSR count). The van der Waals surface area contributed by atoms with Gasteiger partial charge in [-0.05, 0) is 13.1 Å². The molecule has 0 aliphatic heterocycles. The van der Waals surface area contributed by atoms with Gasteiger partial charge in [-0.15, -0.1) is 10.2 Å². The normalized spacial score (nSPS) is 12.4. The molecule has 0 saturated carbocycles. The van der Waals surface area contributed by atoms with E-state index in [-0.39, 0.29) is 12.3 Å². The van der Waals surface area contributed by atoms with Crippen molar-refractivity contribution in [3.63, 3.8) is 0 Å². The predicted molar refractivity (Wildman–Crippen MR) is 73.8 cm³/mol. The number of hydrogen-bond donors (Lipinski definition) is 1. The first-order valence-corrected chi connectivity index (χ1v) is 6.48. The van der Waals surface area contributed by atoms with E-state index in [1.54, 1.807) is 14.0 Å². The highest BCUT2D eigenvalue weighted by Gasteiger charge is 2.29. The molecule has 8 heteroatoms. The van der Waals surface area contributed by atoms with Crippen molar-refractivity contribution in [2.24, 2.45) is 0 Å². The van der Waals surface area contributed by atoms with Gasteiger partial charge in [0.2, 0.25) is 11.8 Å². The van der Waals surface area contributed by atoms with Gasteiger partial charge in [0.1, 0.15) is 17.6 Å². The van der Waals surface area contributed by atoms with Gasteiger partial charge in [-0.25, -0.2) is 4.39 Å². The molecule has 1 aromatic carbocycles. The Morgan fingerprint density at radius 3 is 2.77 bits per heavy atom. The number of nitrogens with zero attached hydrogens (tertiary/aromatic N) is 3. The Balaban J connectivity index is 2.31. The minimum absolute atomic E-state index is 0.137. The topological polar surface area (TPSA) is 88.7 Å². The van der Waals surface area contributed by atoms with E-state index in [0.29, 0.717) is 17.3 Å². The number of aliphatic carboxylic acids is 1. The standard InChI is InChI=1S/C14H16FN3O4/c1-8-16-17-12(22-8)7-18(2)13(14(19)20)10-5-4-9(15)6-11(10)21-3/h4-6,13H,7H2,1-3H3,(H,19,20). The van der Waals surface area contributed by atoms with Gasteiger partial charge >= 0.3 is 5.97 Å². The van der Waals surface area contributed by atoms with Gasteiger partial charge in [0.05, 0.1) is 13.7 Å². The maximum atomic E-state index is 13.3. The summed E-state index contributed by atoms with van der Waals surface area (Å²) in [6.45, 7) is 1.78. The fourth-order valence-electron chi connectivity index (χ4n) is 2.18. The van der Waals surface area contributed by atoms with Gasteiger partial charge in [-0.1, -0.05) is 6.07 Å². The maximum Gasteiger partial charge on any atom is 0.325 e. The monoisotopic (exact) mass is 309 g/mol. The molecule has 1 heterocycles. The Labute approximate surface area is 126 Å². The molecule has 0 bridgehead atoms.